The van der Waals surface area contributed by atoms with Crippen LogP contribution in [0.2, 0.25) is 0 Å². The van der Waals surface area contributed by atoms with E-state index in [4.69, 9.17) is 0 Å². The average molecular weight is 379 g/mol. The van der Waals surface area contributed by atoms with E-state index in [1.165, 1.54) is 16.3 Å². The molecule has 0 saturated heterocycles. The highest BCUT2D eigenvalue weighted by Crippen LogP contribution is 2.29. The summed E-state index contributed by atoms with van der Waals surface area (Å²) in [5.74, 6) is 0. The molecule has 0 fully saturated rings. The van der Waals surface area contributed by atoms with Crippen LogP contribution in [0.3, 0.4) is 0 Å². The third-order valence-corrected chi connectivity index (χ3v) is 4.59. The van der Waals surface area contributed by atoms with E-state index in [1.807, 2.05) is 0 Å². The molecule has 2 rings (SSSR count). The minimum absolute atomic E-state index is 0.899. The van der Waals surface area contributed by atoms with Gasteiger partial charge >= 0.3 is 0 Å². The van der Waals surface area contributed by atoms with Crippen LogP contribution in [0, 0.1) is 0 Å². The maximum atomic E-state index is 3.50. The molecule has 2 aromatic rings. The van der Waals surface area contributed by atoms with Gasteiger partial charge in [-0.1, -0.05) is 34.1 Å². The number of hydrogen-bond acceptors (Lipinski definition) is 0. The normalized spacial score (nSPS) is 10.8. The van der Waals surface area contributed by atoms with E-state index < -0.39 is 0 Å². The fraction of sp³-hybridized carbons (Fsp3) is 0.0909. The SMILES string of the molecule is BrCc1ccc2cc(Br)c(Br)cc2c1. The van der Waals surface area contributed by atoms with E-state index in [0.717, 1.165) is 14.3 Å². The maximum Gasteiger partial charge on any atom is 0.0323 e. The maximum absolute atomic E-state index is 3.50. The molecular weight excluding hydrogens is 372 g/mol. The van der Waals surface area contributed by atoms with Crippen molar-refractivity contribution in [2.24, 2.45) is 0 Å². The lowest BCUT2D eigenvalue weighted by atomic mass is 10.1. The number of alkyl halides is 1. The summed E-state index contributed by atoms with van der Waals surface area (Å²) in [6.45, 7) is 0. The molecule has 0 aromatic heterocycles. The molecule has 0 saturated carbocycles. The lowest BCUT2D eigenvalue weighted by Crippen LogP contribution is -1.79. The van der Waals surface area contributed by atoms with Crippen LogP contribution in [-0.4, -0.2) is 0 Å². The molecule has 0 N–H and O–H groups in total. The summed E-state index contributed by atoms with van der Waals surface area (Å²) in [6.07, 6.45) is 0. The second-order valence-corrected chi connectivity index (χ2v) is 5.35. The van der Waals surface area contributed by atoms with Gasteiger partial charge in [0.15, 0.2) is 0 Å². The van der Waals surface area contributed by atoms with Crippen LogP contribution in [0.4, 0.5) is 0 Å². The fourth-order valence-electron chi connectivity index (χ4n) is 1.37. The zero-order chi connectivity index (χ0) is 10.1. The Labute approximate surface area is 108 Å². The second-order valence-electron chi connectivity index (χ2n) is 3.08. The molecule has 0 heterocycles. The second kappa shape index (κ2) is 4.33. The van der Waals surface area contributed by atoms with Crippen LogP contribution in [-0.2, 0) is 5.33 Å². The molecule has 0 bridgehead atoms. The van der Waals surface area contributed by atoms with Gasteiger partial charge in [0.25, 0.3) is 0 Å². The minimum Gasteiger partial charge on any atom is -0.0876 e. The van der Waals surface area contributed by atoms with Gasteiger partial charge in [0, 0.05) is 14.3 Å². The van der Waals surface area contributed by atoms with E-state index in [9.17, 15) is 0 Å². The average Bonchev–Trinajstić information content (AvgIpc) is 2.19. The fourth-order valence-corrected chi connectivity index (χ4v) is 2.45. The number of fused-ring (bicyclic) bond motifs is 1. The van der Waals surface area contributed by atoms with Crippen LogP contribution in [0.15, 0.2) is 39.3 Å². The molecule has 0 nitrogen and oxygen atoms in total. The summed E-state index contributed by atoms with van der Waals surface area (Å²) in [4.78, 5) is 0. The van der Waals surface area contributed by atoms with Gasteiger partial charge in [0.2, 0.25) is 0 Å². The van der Waals surface area contributed by atoms with Crippen molar-refractivity contribution in [2.75, 3.05) is 0 Å². The topological polar surface area (TPSA) is 0 Å². The highest BCUT2D eigenvalue weighted by atomic mass is 79.9. The zero-order valence-corrected chi connectivity index (χ0v) is 12.0. The van der Waals surface area contributed by atoms with Gasteiger partial charge in [-0.25, -0.2) is 0 Å². The summed E-state index contributed by atoms with van der Waals surface area (Å²) in [5.41, 5.74) is 1.30. The van der Waals surface area contributed by atoms with E-state index in [2.05, 4.69) is 78.1 Å². The van der Waals surface area contributed by atoms with Crippen LogP contribution in [0.5, 0.6) is 0 Å². The van der Waals surface area contributed by atoms with Crippen molar-refractivity contribution >= 4 is 58.6 Å². The third kappa shape index (κ3) is 2.05. The molecule has 0 spiro atoms. The van der Waals surface area contributed by atoms with Gasteiger partial charge in [-0.2, -0.15) is 0 Å². The quantitative estimate of drug-likeness (QED) is 0.594. The molecule has 0 amide bonds. The van der Waals surface area contributed by atoms with Crippen molar-refractivity contribution in [1.82, 2.24) is 0 Å². The van der Waals surface area contributed by atoms with Crippen LogP contribution < -0.4 is 0 Å². The number of benzene rings is 2. The minimum atomic E-state index is 0.899. The first-order chi connectivity index (χ1) is 6.70. The van der Waals surface area contributed by atoms with E-state index in [0.29, 0.717) is 0 Å². The van der Waals surface area contributed by atoms with Crippen molar-refractivity contribution in [3.63, 3.8) is 0 Å². The first-order valence-electron chi connectivity index (χ1n) is 4.14. The molecule has 0 aliphatic carbocycles. The predicted octanol–water partition coefficient (Wildman–Crippen LogP) is 5.26. The summed E-state index contributed by atoms with van der Waals surface area (Å²) in [7, 11) is 0. The van der Waals surface area contributed by atoms with Gasteiger partial charge in [0.1, 0.15) is 0 Å². The van der Waals surface area contributed by atoms with Crippen LogP contribution in [0.25, 0.3) is 10.8 Å². The first kappa shape index (κ1) is 10.7. The smallest absolute Gasteiger partial charge is 0.0323 e. The van der Waals surface area contributed by atoms with E-state index in [-0.39, 0.29) is 0 Å². The molecule has 72 valence electrons. The Hall–Kier alpha value is 0.140. The highest BCUT2D eigenvalue weighted by molar-refractivity contribution is 9.13. The van der Waals surface area contributed by atoms with Gasteiger partial charge in [0.05, 0.1) is 0 Å². The van der Waals surface area contributed by atoms with Gasteiger partial charge in [-0.15, -0.1) is 0 Å². The summed E-state index contributed by atoms with van der Waals surface area (Å²) >= 11 is 10.5. The van der Waals surface area contributed by atoms with Gasteiger partial charge in [-0.3, -0.25) is 0 Å². The summed E-state index contributed by atoms with van der Waals surface area (Å²) < 4.78 is 2.19. The van der Waals surface area contributed by atoms with Crippen molar-refractivity contribution in [3.8, 4) is 0 Å². The van der Waals surface area contributed by atoms with E-state index in [1.54, 1.807) is 0 Å². The molecule has 0 aliphatic heterocycles. The lowest BCUT2D eigenvalue weighted by molar-refractivity contribution is 1.46. The predicted molar refractivity (Wildman–Crippen MR) is 72.0 cm³/mol. The molecule has 0 unspecified atom stereocenters. The van der Waals surface area contributed by atoms with Crippen LogP contribution in [0.1, 0.15) is 5.56 Å². The largest absolute Gasteiger partial charge is 0.0876 e. The van der Waals surface area contributed by atoms with Crippen molar-refractivity contribution in [2.45, 2.75) is 5.33 Å². The molecule has 14 heavy (non-hydrogen) atoms. The molecule has 0 aliphatic rings. The lowest BCUT2D eigenvalue weighted by Gasteiger charge is -2.03. The van der Waals surface area contributed by atoms with Crippen LogP contribution >= 0.6 is 47.8 Å². The number of hydrogen-bond donors (Lipinski definition) is 0. The van der Waals surface area contributed by atoms with Crippen molar-refractivity contribution < 1.29 is 0 Å². The number of halogens is 3. The summed E-state index contributed by atoms with van der Waals surface area (Å²) in [6, 6.07) is 10.7. The highest BCUT2D eigenvalue weighted by Gasteiger charge is 2.00. The molecular formula is C11H7Br3. The molecule has 0 atom stereocenters. The Kier molecular flexibility index (Phi) is 3.30. The van der Waals surface area contributed by atoms with Crippen molar-refractivity contribution in [3.05, 3.63) is 44.8 Å². The Balaban J connectivity index is 2.70. The first-order valence-corrected chi connectivity index (χ1v) is 6.85. The van der Waals surface area contributed by atoms with Gasteiger partial charge in [-0.05, 0) is 60.3 Å². The Morgan fingerprint density at radius 1 is 0.857 bits per heavy atom. The monoisotopic (exact) mass is 376 g/mol. The summed E-state index contributed by atoms with van der Waals surface area (Å²) in [5, 5.41) is 3.41. The van der Waals surface area contributed by atoms with Crippen molar-refractivity contribution in [1.29, 1.82) is 0 Å². The third-order valence-electron chi connectivity index (χ3n) is 2.10. The Morgan fingerprint density at radius 3 is 2.14 bits per heavy atom. The Bertz CT molecular complexity index is 477. The Morgan fingerprint density at radius 2 is 1.50 bits per heavy atom. The molecule has 0 radical (unpaired) electrons. The standard InChI is InChI=1S/C11H7Br3/c12-6-7-1-2-8-4-10(13)11(14)5-9(8)3-7/h1-5H,6H2. The molecule has 2 aromatic carbocycles. The number of rotatable bonds is 1. The molecule has 3 heteroatoms. The van der Waals surface area contributed by atoms with E-state index >= 15 is 0 Å². The van der Waals surface area contributed by atoms with Gasteiger partial charge < -0.3 is 0 Å². The zero-order valence-electron chi connectivity index (χ0n) is 7.23.